The van der Waals surface area contributed by atoms with Gasteiger partial charge in [0.25, 0.3) is 0 Å². The fourth-order valence-corrected chi connectivity index (χ4v) is 7.52. The lowest BCUT2D eigenvalue weighted by atomic mass is 9.49. The maximum Gasteiger partial charge on any atom is 0.315 e. The van der Waals surface area contributed by atoms with E-state index in [-0.39, 0.29) is 35.5 Å². The van der Waals surface area contributed by atoms with Crippen molar-refractivity contribution < 1.29 is 15.0 Å². The van der Waals surface area contributed by atoms with Crippen molar-refractivity contribution in [3.05, 3.63) is 48.0 Å². The van der Waals surface area contributed by atoms with Crippen molar-refractivity contribution in [2.45, 2.75) is 71.4 Å². The predicted octanol–water partition coefficient (Wildman–Crippen LogP) is 4.64. The first-order valence-corrected chi connectivity index (χ1v) is 12.8. The molecule has 182 valence electrons. The van der Waals surface area contributed by atoms with E-state index in [0.29, 0.717) is 37.3 Å². The van der Waals surface area contributed by atoms with E-state index in [2.05, 4.69) is 31.1 Å². The molecule has 7 atom stereocenters. The van der Waals surface area contributed by atoms with Crippen molar-refractivity contribution >= 4 is 6.03 Å². The number of carbonyl (C=O) groups is 1. The number of amides is 2. The zero-order chi connectivity index (χ0) is 23.6. The molecule has 3 aliphatic carbocycles. The predicted molar refractivity (Wildman–Crippen MR) is 131 cm³/mol. The highest BCUT2D eigenvalue weighted by Gasteiger charge is 2.56. The van der Waals surface area contributed by atoms with E-state index in [1.54, 1.807) is 0 Å². The van der Waals surface area contributed by atoms with Crippen LogP contribution >= 0.6 is 0 Å². The molecule has 3 fully saturated rings. The van der Waals surface area contributed by atoms with E-state index in [1.165, 1.54) is 5.57 Å². The van der Waals surface area contributed by atoms with Gasteiger partial charge >= 0.3 is 6.03 Å². The van der Waals surface area contributed by atoms with Crippen molar-refractivity contribution in [1.82, 2.24) is 10.6 Å². The number of benzene rings is 1. The summed E-state index contributed by atoms with van der Waals surface area (Å²) in [6.45, 7) is 10.4. The van der Waals surface area contributed by atoms with Crippen LogP contribution in [0.1, 0.15) is 64.4 Å². The van der Waals surface area contributed by atoms with Crippen LogP contribution < -0.4 is 10.6 Å². The summed E-state index contributed by atoms with van der Waals surface area (Å²) < 4.78 is 0. The van der Waals surface area contributed by atoms with Gasteiger partial charge in [-0.3, -0.25) is 0 Å². The smallest absolute Gasteiger partial charge is 0.315 e. The first-order chi connectivity index (χ1) is 15.8. The molecule has 5 heteroatoms. The first-order valence-electron chi connectivity index (χ1n) is 12.8. The van der Waals surface area contributed by atoms with Gasteiger partial charge in [-0.25, -0.2) is 4.79 Å². The summed E-state index contributed by atoms with van der Waals surface area (Å²) in [5.41, 5.74) is 2.57. The van der Waals surface area contributed by atoms with Crippen LogP contribution in [-0.4, -0.2) is 35.5 Å². The Morgan fingerprint density at radius 3 is 2.58 bits per heavy atom. The lowest BCUT2D eigenvalue weighted by Crippen LogP contribution is -2.54. The van der Waals surface area contributed by atoms with Crippen molar-refractivity contribution in [1.29, 1.82) is 0 Å². The molecule has 0 aromatic heterocycles. The van der Waals surface area contributed by atoms with Crippen LogP contribution in [0.5, 0.6) is 0 Å². The van der Waals surface area contributed by atoms with E-state index in [1.807, 2.05) is 30.3 Å². The molecule has 3 saturated carbocycles. The molecule has 0 spiro atoms. The van der Waals surface area contributed by atoms with Gasteiger partial charge in [-0.15, -0.1) is 0 Å². The molecule has 0 radical (unpaired) electrons. The SMILES string of the molecule is C=C1CC[C@H]2[C@H](CNC(=O)NCc3ccccc3)[C@H]([C@@]3(C)CC[C@H](O)C[C@@H]3CO)CC[C@]12C. The maximum atomic E-state index is 12.7. The number of carbonyl (C=O) groups excluding carboxylic acids is 1. The van der Waals surface area contributed by atoms with Gasteiger partial charge in [0.1, 0.15) is 0 Å². The van der Waals surface area contributed by atoms with E-state index in [9.17, 15) is 15.0 Å². The molecule has 0 heterocycles. The van der Waals surface area contributed by atoms with Crippen LogP contribution in [0.4, 0.5) is 4.79 Å². The quantitative estimate of drug-likeness (QED) is 0.473. The highest BCUT2D eigenvalue weighted by molar-refractivity contribution is 5.73. The van der Waals surface area contributed by atoms with Crippen LogP contribution in [0.3, 0.4) is 0 Å². The Labute approximate surface area is 199 Å². The second kappa shape index (κ2) is 9.79. The molecule has 0 aliphatic heterocycles. The van der Waals surface area contributed by atoms with Crippen molar-refractivity contribution in [2.24, 2.45) is 34.5 Å². The Kier molecular flexibility index (Phi) is 7.20. The summed E-state index contributed by atoms with van der Waals surface area (Å²) in [7, 11) is 0. The van der Waals surface area contributed by atoms with E-state index < -0.39 is 0 Å². The van der Waals surface area contributed by atoms with Crippen LogP contribution in [0.25, 0.3) is 0 Å². The van der Waals surface area contributed by atoms with Crippen molar-refractivity contribution in [3.8, 4) is 0 Å². The monoisotopic (exact) mass is 454 g/mol. The van der Waals surface area contributed by atoms with Crippen LogP contribution in [0.2, 0.25) is 0 Å². The van der Waals surface area contributed by atoms with Gasteiger partial charge < -0.3 is 20.8 Å². The lowest BCUT2D eigenvalue weighted by molar-refractivity contribution is -0.0927. The number of hydrogen-bond donors (Lipinski definition) is 4. The Hall–Kier alpha value is -1.85. The second-order valence-corrected chi connectivity index (χ2v) is 11.3. The molecule has 5 nitrogen and oxygen atoms in total. The third-order valence-corrected chi connectivity index (χ3v) is 9.76. The highest BCUT2D eigenvalue weighted by Crippen LogP contribution is 2.63. The fraction of sp³-hybridized carbons (Fsp3) is 0.679. The number of rotatable bonds is 6. The minimum absolute atomic E-state index is 0.0217. The topological polar surface area (TPSA) is 81.6 Å². The summed E-state index contributed by atoms with van der Waals surface area (Å²) in [5.74, 6) is 1.37. The summed E-state index contributed by atoms with van der Waals surface area (Å²) >= 11 is 0. The molecule has 3 aliphatic rings. The number of fused-ring (bicyclic) bond motifs is 1. The molecular weight excluding hydrogens is 412 g/mol. The van der Waals surface area contributed by atoms with Gasteiger partial charge in [0.05, 0.1) is 6.10 Å². The van der Waals surface area contributed by atoms with E-state index in [0.717, 1.165) is 44.1 Å². The number of urea groups is 1. The normalized spacial score (nSPS) is 38.5. The van der Waals surface area contributed by atoms with Gasteiger partial charge in [0.2, 0.25) is 0 Å². The highest BCUT2D eigenvalue weighted by atomic mass is 16.3. The molecule has 2 amide bonds. The molecular formula is C28H42N2O3. The first kappa shape index (κ1) is 24.3. The minimum atomic E-state index is -0.310. The molecule has 0 bridgehead atoms. The third-order valence-electron chi connectivity index (χ3n) is 9.76. The third kappa shape index (κ3) is 4.72. The summed E-state index contributed by atoms with van der Waals surface area (Å²) in [5, 5.41) is 26.7. The average molecular weight is 455 g/mol. The van der Waals surface area contributed by atoms with Crippen LogP contribution in [0, 0.1) is 34.5 Å². The molecule has 0 saturated heterocycles. The summed E-state index contributed by atoms with van der Waals surface area (Å²) in [4.78, 5) is 12.7. The number of allylic oxidation sites excluding steroid dienone is 1. The van der Waals surface area contributed by atoms with Crippen LogP contribution in [0.15, 0.2) is 42.5 Å². The summed E-state index contributed by atoms with van der Waals surface area (Å²) in [6, 6.07) is 9.85. The molecule has 4 N–H and O–H groups in total. The van der Waals surface area contributed by atoms with Gasteiger partial charge in [-0.05, 0) is 85.0 Å². The number of aliphatic hydroxyl groups excluding tert-OH is 2. The Balaban J connectivity index is 1.50. The Bertz CT molecular complexity index is 843. The molecule has 0 unspecified atom stereocenters. The second-order valence-electron chi connectivity index (χ2n) is 11.3. The molecule has 1 aromatic rings. The Morgan fingerprint density at radius 2 is 1.85 bits per heavy atom. The summed E-state index contributed by atoms with van der Waals surface area (Å²) in [6.07, 6.45) is 6.53. The average Bonchev–Trinajstić information content (AvgIpc) is 3.12. The molecule has 1 aromatic carbocycles. The molecule has 33 heavy (non-hydrogen) atoms. The number of hydrogen-bond acceptors (Lipinski definition) is 3. The van der Waals surface area contributed by atoms with Gasteiger partial charge in [-0.1, -0.05) is 56.3 Å². The van der Waals surface area contributed by atoms with Gasteiger partial charge in [0.15, 0.2) is 0 Å². The Morgan fingerprint density at radius 1 is 1.09 bits per heavy atom. The number of nitrogens with one attached hydrogen (secondary N) is 2. The van der Waals surface area contributed by atoms with Gasteiger partial charge in [-0.2, -0.15) is 0 Å². The van der Waals surface area contributed by atoms with E-state index in [4.69, 9.17) is 0 Å². The van der Waals surface area contributed by atoms with E-state index >= 15 is 0 Å². The zero-order valence-corrected chi connectivity index (χ0v) is 20.4. The molecule has 4 rings (SSSR count). The fourth-order valence-electron chi connectivity index (χ4n) is 7.52. The lowest BCUT2D eigenvalue weighted by Gasteiger charge is -2.56. The van der Waals surface area contributed by atoms with Crippen LogP contribution in [-0.2, 0) is 6.54 Å². The minimum Gasteiger partial charge on any atom is -0.396 e. The van der Waals surface area contributed by atoms with Gasteiger partial charge in [0, 0.05) is 19.7 Å². The number of aliphatic hydroxyl groups is 2. The van der Waals surface area contributed by atoms with Crippen molar-refractivity contribution in [3.63, 3.8) is 0 Å². The standard InChI is InChI=1S/C28H42N2O3/c1-19-9-10-24-23(17-30-26(33)29-16-20-7-5-4-6-8-20)25(12-14-27(19,24)2)28(3)13-11-22(32)15-21(28)18-31/h4-8,21-25,31-32H,1,9-18H2,2-3H3,(H2,29,30,33)/t21-,22+,23+,24+,25-,27-,28+/m1/s1. The zero-order valence-electron chi connectivity index (χ0n) is 20.4. The maximum absolute atomic E-state index is 12.7. The largest absolute Gasteiger partial charge is 0.396 e. The van der Waals surface area contributed by atoms with Crippen molar-refractivity contribution in [2.75, 3.05) is 13.2 Å².